The van der Waals surface area contributed by atoms with Crippen LogP contribution in [0.15, 0.2) is 24.3 Å². The van der Waals surface area contributed by atoms with E-state index in [2.05, 4.69) is 30.6 Å². The van der Waals surface area contributed by atoms with Crippen molar-refractivity contribution in [2.24, 2.45) is 5.73 Å². The largest absolute Gasteiger partial charge is 0.368 e. The summed E-state index contributed by atoms with van der Waals surface area (Å²) < 4.78 is 0. The normalized spacial score (nSPS) is 23.1. The van der Waals surface area contributed by atoms with Gasteiger partial charge in [0.1, 0.15) is 6.61 Å². The standard InChI is InChI=1S/C13H18N2O2/c1-9-6-7-12(15-17-8-13(14)16)11-5-3-2-4-10(9)11/h2-5,9,12,15H,6-8H2,1H3,(H2,14,16). The smallest absolute Gasteiger partial charge is 0.245 e. The third kappa shape index (κ3) is 2.84. The zero-order valence-corrected chi connectivity index (χ0v) is 9.98. The lowest BCUT2D eigenvalue weighted by atomic mass is 9.81. The van der Waals surface area contributed by atoms with Gasteiger partial charge in [-0.3, -0.25) is 9.63 Å². The molecular formula is C13H18N2O2. The highest BCUT2D eigenvalue weighted by molar-refractivity contribution is 5.74. The number of primary amides is 1. The topological polar surface area (TPSA) is 64.3 Å². The van der Waals surface area contributed by atoms with Gasteiger partial charge in [-0.1, -0.05) is 31.2 Å². The number of benzene rings is 1. The number of rotatable bonds is 4. The molecule has 0 heterocycles. The second-order valence-corrected chi connectivity index (χ2v) is 4.53. The van der Waals surface area contributed by atoms with Crippen LogP contribution in [0, 0.1) is 0 Å². The maximum Gasteiger partial charge on any atom is 0.245 e. The first-order valence-electron chi connectivity index (χ1n) is 5.93. The molecule has 0 saturated heterocycles. The number of carbonyl (C=O) groups excluding carboxylic acids is 1. The molecule has 17 heavy (non-hydrogen) atoms. The minimum absolute atomic E-state index is 0.0891. The number of hydrogen-bond donors (Lipinski definition) is 2. The Labute approximate surface area is 101 Å². The van der Waals surface area contributed by atoms with Crippen LogP contribution in [0.1, 0.15) is 42.9 Å². The Balaban J connectivity index is 2.05. The summed E-state index contributed by atoms with van der Waals surface area (Å²) in [7, 11) is 0. The Morgan fingerprint density at radius 3 is 2.82 bits per heavy atom. The number of hydroxylamine groups is 1. The fourth-order valence-electron chi connectivity index (χ4n) is 2.34. The van der Waals surface area contributed by atoms with Gasteiger partial charge in [0.15, 0.2) is 0 Å². The van der Waals surface area contributed by atoms with Gasteiger partial charge >= 0.3 is 0 Å². The minimum Gasteiger partial charge on any atom is -0.368 e. The third-order valence-electron chi connectivity index (χ3n) is 3.23. The molecule has 92 valence electrons. The van der Waals surface area contributed by atoms with Gasteiger partial charge in [-0.15, -0.1) is 0 Å². The number of fused-ring (bicyclic) bond motifs is 1. The summed E-state index contributed by atoms with van der Waals surface area (Å²) in [4.78, 5) is 15.7. The number of amides is 1. The fourth-order valence-corrected chi connectivity index (χ4v) is 2.34. The van der Waals surface area contributed by atoms with Gasteiger partial charge in [-0.05, 0) is 29.9 Å². The molecule has 0 fully saturated rings. The monoisotopic (exact) mass is 234 g/mol. The molecule has 3 N–H and O–H groups in total. The van der Waals surface area contributed by atoms with Crippen molar-refractivity contribution in [1.82, 2.24) is 5.48 Å². The molecule has 2 rings (SSSR count). The SMILES string of the molecule is CC1CCC(NOCC(N)=O)c2ccccc21. The van der Waals surface area contributed by atoms with E-state index in [4.69, 9.17) is 10.6 Å². The van der Waals surface area contributed by atoms with Gasteiger partial charge in [0.2, 0.25) is 5.91 Å². The minimum atomic E-state index is -0.463. The van der Waals surface area contributed by atoms with Gasteiger partial charge < -0.3 is 5.73 Å². The summed E-state index contributed by atoms with van der Waals surface area (Å²) in [6.45, 7) is 2.15. The summed E-state index contributed by atoms with van der Waals surface area (Å²) in [5.41, 5.74) is 10.6. The van der Waals surface area contributed by atoms with Crippen molar-refractivity contribution in [3.63, 3.8) is 0 Å². The first kappa shape index (κ1) is 12.1. The molecule has 1 amide bonds. The zero-order valence-electron chi connectivity index (χ0n) is 9.98. The Kier molecular flexibility index (Phi) is 3.76. The molecule has 0 bridgehead atoms. The van der Waals surface area contributed by atoms with Crippen molar-refractivity contribution in [1.29, 1.82) is 0 Å². The maximum atomic E-state index is 10.6. The highest BCUT2D eigenvalue weighted by Crippen LogP contribution is 2.36. The first-order valence-corrected chi connectivity index (χ1v) is 5.93. The summed E-state index contributed by atoms with van der Waals surface area (Å²) in [5.74, 6) is 0.121. The van der Waals surface area contributed by atoms with E-state index in [1.807, 2.05) is 6.07 Å². The molecule has 0 saturated carbocycles. The number of nitrogens with two attached hydrogens (primary N) is 1. The van der Waals surface area contributed by atoms with Crippen LogP contribution in [-0.2, 0) is 9.63 Å². The number of nitrogens with one attached hydrogen (secondary N) is 1. The Morgan fingerprint density at radius 1 is 1.41 bits per heavy atom. The molecule has 0 aromatic heterocycles. The molecule has 2 unspecified atom stereocenters. The summed E-state index contributed by atoms with van der Waals surface area (Å²) in [6.07, 6.45) is 2.13. The van der Waals surface area contributed by atoms with E-state index in [0.717, 1.165) is 12.8 Å². The average molecular weight is 234 g/mol. The molecule has 1 aliphatic carbocycles. The van der Waals surface area contributed by atoms with E-state index in [1.54, 1.807) is 0 Å². The third-order valence-corrected chi connectivity index (χ3v) is 3.23. The van der Waals surface area contributed by atoms with Crippen LogP contribution < -0.4 is 11.2 Å². The van der Waals surface area contributed by atoms with Crippen molar-refractivity contribution in [3.05, 3.63) is 35.4 Å². The van der Waals surface area contributed by atoms with Crippen LogP contribution in [0.5, 0.6) is 0 Å². The van der Waals surface area contributed by atoms with Crippen molar-refractivity contribution in [3.8, 4) is 0 Å². The van der Waals surface area contributed by atoms with Crippen molar-refractivity contribution < 1.29 is 9.63 Å². The molecule has 2 atom stereocenters. The Morgan fingerprint density at radius 2 is 2.12 bits per heavy atom. The van der Waals surface area contributed by atoms with Crippen molar-refractivity contribution in [2.45, 2.75) is 31.7 Å². The summed E-state index contributed by atoms with van der Waals surface area (Å²) >= 11 is 0. The van der Waals surface area contributed by atoms with Crippen LogP contribution in [0.3, 0.4) is 0 Å². The molecule has 1 aliphatic rings. The molecule has 1 aromatic rings. The van der Waals surface area contributed by atoms with Crippen LogP contribution in [0.2, 0.25) is 0 Å². The molecule has 4 nitrogen and oxygen atoms in total. The highest BCUT2D eigenvalue weighted by Gasteiger charge is 2.24. The van der Waals surface area contributed by atoms with Crippen molar-refractivity contribution >= 4 is 5.91 Å². The van der Waals surface area contributed by atoms with E-state index in [9.17, 15) is 4.79 Å². The Hall–Kier alpha value is -1.39. The average Bonchev–Trinajstić information content (AvgIpc) is 2.32. The second-order valence-electron chi connectivity index (χ2n) is 4.53. The van der Waals surface area contributed by atoms with Gasteiger partial charge in [-0.2, -0.15) is 5.48 Å². The molecule has 0 aliphatic heterocycles. The first-order chi connectivity index (χ1) is 8.18. The maximum absolute atomic E-state index is 10.6. The van der Waals surface area contributed by atoms with E-state index in [1.165, 1.54) is 11.1 Å². The van der Waals surface area contributed by atoms with E-state index in [-0.39, 0.29) is 12.6 Å². The molecule has 0 spiro atoms. The van der Waals surface area contributed by atoms with Crippen LogP contribution in [0.4, 0.5) is 0 Å². The van der Waals surface area contributed by atoms with E-state index in [0.29, 0.717) is 5.92 Å². The number of hydrogen-bond acceptors (Lipinski definition) is 3. The lowest BCUT2D eigenvalue weighted by Crippen LogP contribution is -2.30. The highest BCUT2D eigenvalue weighted by atomic mass is 16.6. The fraction of sp³-hybridized carbons (Fsp3) is 0.462. The lowest BCUT2D eigenvalue weighted by molar-refractivity contribution is -0.126. The van der Waals surface area contributed by atoms with Crippen molar-refractivity contribution in [2.75, 3.05) is 6.61 Å². The van der Waals surface area contributed by atoms with E-state index >= 15 is 0 Å². The predicted octanol–water partition coefficient (Wildman–Crippen LogP) is 1.63. The van der Waals surface area contributed by atoms with Crippen LogP contribution in [-0.4, -0.2) is 12.5 Å². The second kappa shape index (κ2) is 5.29. The molecule has 4 heteroatoms. The van der Waals surface area contributed by atoms with Crippen LogP contribution in [0.25, 0.3) is 0 Å². The summed E-state index contributed by atoms with van der Waals surface area (Å²) in [5, 5.41) is 0. The predicted molar refractivity (Wildman–Crippen MR) is 65.1 cm³/mol. The Bertz CT molecular complexity index is 406. The zero-order chi connectivity index (χ0) is 12.3. The quantitative estimate of drug-likeness (QED) is 0.778. The van der Waals surface area contributed by atoms with Gasteiger partial charge in [0.05, 0.1) is 6.04 Å². The van der Waals surface area contributed by atoms with Gasteiger partial charge in [-0.25, -0.2) is 0 Å². The molecule has 1 aromatic carbocycles. The number of carbonyl (C=O) groups is 1. The van der Waals surface area contributed by atoms with Gasteiger partial charge in [0, 0.05) is 0 Å². The lowest BCUT2D eigenvalue weighted by Gasteiger charge is -2.29. The molecular weight excluding hydrogens is 216 g/mol. The molecule has 0 radical (unpaired) electrons. The van der Waals surface area contributed by atoms with Gasteiger partial charge in [0.25, 0.3) is 0 Å². The van der Waals surface area contributed by atoms with Crippen LogP contribution >= 0.6 is 0 Å². The summed E-state index contributed by atoms with van der Waals surface area (Å²) in [6, 6.07) is 8.50. The van der Waals surface area contributed by atoms with E-state index < -0.39 is 5.91 Å².